The van der Waals surface area contributed by atoms with Crippen molar-refractivity contribution >= 4 is 5.88 Å². The van der Waals surface area contributed by atoms with Gasteiger partial charge >= 0.3 is 0 Å². The maximum atomic E-state index is 9.46. The summed E-state index contributed by atoms with van der Waals surface area (Å²) in [5, 5.41) is 13.6. The van der Waals surface area contributed by atoms with Crippen LogP contribution in [0, 0.1) is 11.3 Å². The Morgan fingerprint density at radius 3 is 2.61 bits per heavy atom. The van der Waals surface area contributed by atoms with Crippen LogP contribution < -0.4 is 9.64 Å². The first-order valence-electron chi connectivity index (χ1n) is 9.93. The number of oxazole rings is 1. The molecule has 31 heavy (non-hydrogen) atoms. The second kappa shape index (κ2) is 7.99. The minimum absolute atomic E-state index is 0.147. The quantitative estimate of drug-likeness (QED) is 0.470. The molecule has 1 aromatic carbocycles. The summed E-state index contributed by atoms with van der Waals surface area (Å²) in [4.78, 5) is 10.9. The van der Waals surface area contributed by atoms with E-state index in [2.05, 4.69) is 21.2 Å². The molecule has 0 radical (unpaired) electrons. The van der Waals surface area contributed by atoms with E-state index in [1.807, 2.05) is 29.2 Å². The maximum Gasteiger partial charge on any atom is 0.266 e. The third-order valence-corrected chi connectivity index (χ3v) is 5.37. The van der Waals surface area contributed by atoms with Crippen LogP contribution in [0.5, 0.6) is 5.75 Å². The molecule has 1 aliphatic heterocycles. The van der Waals surface area contributed by atoms with Crippen molar-refractivity contribution in [2.45, 2.75) is 18.8 Å². The molecule has 0 unspecified atom stereocenters. The van der Waals surface area contributed by atoms with Gasteiger partial charge in [0.05, 0.1) is 13.4 Å². The lowest BCUT2D eigenvalue weighted by Crippen LogP contribution is -2.33. The van der Waals surface area contributed by atoms with Crippen LogP contribution in [0.1, 0.15) is 30.3 Å². The second-order valence-corrected chi connectivity index (χ2v) is 7.21. The fourth-order valence-corrected chi connectivity index (χ4v) is 3.69. The van der Waals surface area contributed by atoms with E-state index in [0.717, 1.165) is 24.2 Å². The first kappa shape index (κ1) is 18.9. The zero-order valence-electron chi connectivity index (χ0n) is 16.8. The zero-order chi connectivity index (χ0) is 21.2. The predicted molar refractivity (Wildman–Crippen MR) is 109 cm³/mol. The Labute approximate surface area is 177 Å². The SMILES string of the molecule is COc1ccc(-c2noc(C3CCN(c4oc(-c5ccco5)nc4C#N)CC3)n2)cc1. The van der Waals surface area contributed by atoms with E-state index in [1.165, 1.54) is 0 Å². The first-order chi connectivity index (χ1) is 15.2. The number of nitrogens with zero attached hydrogens (tertiary/aromatic N) is 5. The van der Waals surface area contributed by atoms with Crippen LogP contribution in [0.2, 0.25) is 0 Å². The largest absolute Gasteiger partial charge is 0.497 e. The number of nitriles is 1. The lowest BCUT2D eigenvalue weighted by atomic mass is 9.97. The number of aromatic nitrogens is 3. The average Bonchev–Trinajstić information content (AvgIpc) is 3.59. The third kappa shape index (κ3) is 3.64. The molecule has 0 amide bonds. The van der Waals surface area contributed by atoms with Gasteiger partial charge in [-0.25, -0.2) is 0 Å². The highest BCUT2D eigenvalue weighted by Crippen LogP contribution is 2.34. The van der Waals surface area contributed by atoms with Crippen molar-refractivity contribution in [1.82, 2.24) is 15.1 Å². The molecule has 9 nitrogen and oxygen atoms in total. The zero-order valence-corrected chi connectivity index (χ0v) is 16.8. The van der Waals surface area contributed by atoms with Crippen molar-refractivity contribution in [2.75, 3.05) is 25.1 Å². The minimum atomic E-state index is 0.147. The van der Waals surface area contributed by atoms with Crippen molar-refractivity contribution in [3.8, 4) is 34.9 Å². The summed E-state index contributed by atoms with van der Waals surface area (Å²) in [6.07, 6.45) is 3.14. The number of benzene rings is 1. The fraction of sp³-hybridized carbons (Fsp3) is 0.273. The molecule has 4 heterocycles. The monoisotopic (exact) mass is 417 g/mol. The number of rotatable bonds is 5. The average molecular weight is 417 g/mol. The van der Waals surface area contributed by atoms with Gasteiger partial charge < -0.3 is 23.0 Å². The molecule has 156 valence electrons. The summed E-state index contributed by atoms with van der Waals surface area (Å²) in [5.41, 5.74) is 1.13. The van der Waals surface area contributed by atoms with Crippen LogP contribution in [0.15, 0.2) is 56.0 Å². The second-order valence-electron chi connectivity index (χ2n) is 7.21. The van der Waals surface area contributed by atoms with E-state index in [-0.39, 0.29) is 11.6 Å². The Hall–Kier alpha value is -4.06. The molecule has 0 atom stereocenters. The number of methoxy groups -OCH3 is 1. The van der Waals surface area contributed by atoms with Gasteiger partial charge in [0, 0.05) is 24.6 Å². The number of anilines is 1. The first-order valence-corrected chi connectivity index (χ1v) is 9.93. The molecule has 0 spiro atoms. The summed E-state index contributed by atoms with van der Waals surface area (Å²) in [5.74, 6) is 3.38. The third-order valence-electron chi connectivity index (χ3n) is 5.37. The molecule has 0 aliphatic carbocycles. The van der Waals surface area contributed by atoms with Gasteiger partial charge in [-0.2, -0.15) is 15.2 Å². The minimum Gasteiger partial charge on any atom is -0.497 e. The van der Waals surface area contributed by atoms with Gasteiger partial charge in [0.25, 0.3) is 5.89 Å². The van der Waals surface area contributed by atoms with Gasteiger partial charge in [0.15, 0.2) is 5.76 Å². The van der Waals surface area contributed by atoms with Crippen LogP contribution in [-0.4, -0.2) is 35.3 Å². The van der Waals surface area contributed by atoms with Crippen LogP contribution in [0.25, 0.3) is 23.0 Å². The molecule has 5 rings (SSSR count). The number of hydrogen-bond acceptors (Lipinski definition) is 9. The van der Waals surface area contributed by atoms with Gasteiger partial charge in [-0.3, -0.25) is 0 Å². The Balaban J connectivity index is 1.28. The lowest BCUT2D eigenvalue weighted by molar-refractivity contribution is 0.327. The smallest absolute Gasteiger partial charge is 0.266 e. The van der Waals surface area contributed by atoms with Gasteiger partial charge in [-0.05, 0) is 49.2 Å². The number of hydrogen-bond donors (Lipinski definition) is 0. The van der Waals surface area contributed by atoms with E-state index >= 15 is 0 Å². The van der Waals surface area contributed by atoms with E-state index in [0.29, 0.717) is 42.3 Å². The highest BCUT2D eigenvalue weighted by atomic mass is 16.5. The van der Waals surface area contributed by atoms with Crippen LogP contribution in [0.4, 0.5) is 5.88 Å². The summed E-state index contributed by atoms with van der Waals surface area (Å²) in [6.45, 7) is 1.37. The van der Waals surface area contributed by atoms with Gasteiger partial charge in [0.2, 0.25) is 23.3 Å². The van der Waals surface area contributed by atoms with Gasteiger partial charge in [0.1, 0.15) is 11.8 Å². The Bertz CT molecular complexity index is 1200. The molecule has 1 fully saturated rings. The van der Waals surface area contributed by atoms with Crippen molar-refractivity contribution in [3.05, 3.63) is 54.2 Å². The normalized spacial score (nSPS) is 14.5. The highest BCUT2D eigenvalue weighted by Gasteiger charge is 2.29. The molecule has 0 saturated carbocycles. The van der Waals surface area contributed by atoms with Gasteiger partial charge in [-0.15, -0.1) is 0 Å². The summed E-state index contributed by atoms with van der Waals surface area (Å²) >= 11 is 0. The van der Waals surface area contributed by atoms with Crippen molar-refractivity contribution in [3.63, 3.8) is 0 Å². The number of ether oxygens (including phenoxy) is 1. The summed E-state index contributed by atoms with van der Waals surface area (Å²) in [6, 6.07) is 13.1. The molecular formula is C22H19N5O4. The molecule has 3 aromatic heterocycles. The van der Waals surface area contributed by atoms with E-state index in [9.17, 15) is 5.26 Å². The highest BCUT2D eigenvalue weighted by molar-refractivity contribution is 5.56. The summed E-state index contributed by atoms with van der Waals surface area (Å²) < 4.78 is 21.9. The van der Waals surface area contributed by atoms with E-state index in [1.54, 1.807) is 25.5 Å². The molecule has 0 bridgehead atoms. The van der Waals surface area contributed by atoms with Crippen LogP contribution in [0.3, 0.4) is 0 Å². The lowest BCUT2D eigenvalue weighted by Gasteiger charge is -2.29. The molecule has 4 aromatic rings. The molecular weight excluding hydrogens is 398 g/mol. The van der Waals surface area contributed by atoms with Gasteiger partial charge in [-0.1, -0.05) is 5.16 Å². The number of piperidine rings is 1. The van der Waals surface area contributed by atoms with Crippen LogP contribution >= 0.6 is 0 Å². The fourth-order valence-electron chi connectivity index (χ4n) is 3.69. The topological polar surface area (TPSA) is 114 Å². The van der Waals surface area contributed by atoms with E-state index < -0.39 is 0 Å². The maximum absolute atomic E-state index is 9.46. The summed E-state index contributed by atoms with van der Waals surface area (Å²) in [7, 11) is 1.63. The van der Waals surface area contributed by atoms with Crippen molar-refractivity contribution in [1.29, 1.82) is 5.26 Å². The predicted octanol–water partition coefficient (Wildman–Crippen LogP) is 4.25. The molecule has 9 heteroatoms. The van der Waals surface area contributed by atoms with Crippen LogP contribution in [-0.2, 0) is 0 Å². The molecule has 0 N–H and O–H groups in total. The molecule has 1 aliphatic rings. The van der Waals surface area contributed by atoms with E-state index in [4.69, 9.17) is 18.1 Å². The number of furan rings is 1. The Morgan fingerprint density at radius 1 is 1.13 bits per heavy atom. The Morgan fingerprint density at radius 2 is 1.94 bits per heavy atom. The van der Waals surface area contributed by atoms with Crippen molar-refractivity contribution < 1.29 is 18.1 Å². The standard InChI is InChI=1S/C22H19N5O4/c1-28-16-6-4-14(5-7-16)19-25-20(31-26-19)15-8-10-27(11-9-15)22-17(13-23)24-21(30-22)18-3-2-12-29-18/h2-7,12,15H,8-11H2,1H3. The molecule has 1 saturated heterocycles. The Kier molecular flexibility index (Phi) is 4.88. The van der Waals surface area contributed by atoms with Crippen molar-refractivity contribution in [2.24, 2.45) is 0 Å².